The number of hydrogen-bond acceptors (Lipinski definition) is 6. The van der Waals surface area contributed by atoms with Gasteiger partial charge in [0.1, 0.15) is 11.8 Å². The molecule has 0 saturated heterocycles. The number of carbonyl (C=O) groups excluding carboxylic acids is 1. The molecule has 2 aromatic rings. The lowest BCUT2D eigenvalue weighted by molar-refractivity contribution is -0.116. The van der Waals surface area contributed by atoms with Crippen LogP contribution in [-0.4, -0.2) is 31.4 Å². The Morgan fingerprint density at radius 1 is 1.36 bits per heavy atom. The van der Waals surface area contributed by atoms with Gasteiger partial charge in [-0.25, -0.2) is 4.68 Å². The Morgan fingerprint density at radius 2 is 2.16 bits per heavy atom. The van der Waals surface area contributed by atoms with E-state index in [1.54, 1.807) is 16.8 Å². The van der Waals surface area contributed by atoms with Crippen molar-refractivity contribution in [3.63, 3.8) is 0 Å². The van der Waals surface area contributed by atoms with Gasteiger partial charge < -0.3 is 10.4 Å². The Kier molecular flexibility index (Phi) is 4.09. The fourth-order valence-electron chi connectivity index (χ4n) is 3.30. The van der Waals surface area contributed by atoms with Crippen LogP contribution >= 0.6 is 11.8 Å². The van der Waals surface area contributed by atoms with Gasteiger partial charge in [-0.05, 0) is 30.5 Å². The number of nitrogens with one attached hydrogen (secondary N) is 1. The lowest BCUT2D eigenvalue weighted by Gasteiger charge is -2.32. The highest BCUT2D eigenvalue weighted by atomic mass is 32.2. The van der Waals surface area contributed by atoms with Crippen molar-refractivity contribution in [2.24, 2.45) is 0 Å². The van der Waals surface area contributed by atoms with Crippen molar-refractivity contribution in [3.8, 4) is 5.75 Å². The molecule has 0 bridgehead atoms. The van der Waals surface area contributed by atoms with Gasteiger partial charge in [-0.3, -0.25) is 4.79 Å². The lowest BCUT2D eigenvalue weighted by Crippen LogP contribution is -2.31. The van der Waals surface area contributed by atoms with Crippen LogP contribution in [0.1, 0.15) is 30.9 Å². The third-order valence-corrected chi connectivity index (χ3v) is 5.22. The average Bonchev–Trinajstić information content (AvgIpc) is 3.01. The summed E-state index contributed by atoms with van der Waals surface area (Å²) in [6, 6.07) is 6.62. The van der Waals surface area contributed by atoms with Gasteiger partial charge in [0, 0.05) is 23.4 Å². The lowest BCUT2D eigenvalue weighted by atomic mass is 9.85. The van der Waals surface area contributed by atoms with Gasteiger partial charge in [0.05, 0.1) is 0 Å². The zero-order chi connectivity index (χ0) is 17.4. The third-order valence-electron chi connectivity index (χ3n) is 4.39. The molecule has 0 radical (unpaired) electrons. The number of aromatic nitrogens is 3. The van der Waals surface area contributed by atoms with Crippen molar-refractivity contribution in [2.45, 2.75) is 30.5 Å². The number of phenols is 1. The van der Waals surface area contributed by atoms with Crippen molar-refractivity contribution >= 4 is 23.5 Å². The van der Waals surface area contributed by atoms with Crippen molar-refractivity contribution in [2.75, 3.05) is 11.1 Å². The second-order valence-electron chi connectivity index (χ2n) is 6.05. The fourth-order valence-corrected chi connectivity index (χ4v) is 3.86. The minimum absolute atomic E-state index is 0.147. The van der Waals surface area contributed by atoms with Crippen LogP contribution < -0.4 is 5.32 Å². The van der Waals surface area contributed by atoms with Crippen LogP contribution in [0.2, 0.25) is 0 Å². The largest absolute Gasteiger partial charge is 0.508 e. The van der Waals surface area contributed by atoms with Gasteiger partial charge in [0.15, 0.2) is 5.78 Å². The number of rotatable bonds is 4. The summed E-state index contributed by atoms with van der Waals surface area (Å²) < 4.78 is 1.78. The van der Waals surface area contributed by atoms with E-state index >= 15 is 0 Å². The second kappa shape index (κ2) is 6.40. The van der Waals surface area contributed by atoms with Crippen molar-refractivity contribution < 1.29 is 9.90 Å². The molecule has 0 saturated carbocycles. The molecule has 1 aliphatic carbocycles. The number of ketones is 1. The Labute approximate surface area is 149 Å². The highest BCUT2D eigenvalue weighted by molar-refractivity contribution is 7.99. The number of nitrogens with zero attached hydrogens (tertiary/aromatic N) is 3. The molecule has 0 unspecified atom stereocenters. The number of hydrogen-bond donors (Lipinski definition) is 2. The van der Waals surface area contributed by atoms with Gasteiger partial charge in [-0.2, -0.15) is 4.98 Å². The van der Waals surface area contributed by atoms with E-state index in [1.807, 2.05) is 18.2 Å². The molecule has 1 aliphatic heterocycles. The molecular weight excluding hydrogens is 336 g/mol. The molecule has 128 valence electrons. The van der Waals surface area contributed by atoms with Crippen LogP contribution in [0.25, 0.3) is 0 Å². The van der Waals surface area contributed by atoms with Gasteiger partial charge in [0.2, 0.25) is 11.1 Å². The summed E-state index contributed by atoms with van der Waals surface area (Å²) in [5.41, 5.74) is 2.61. The predicted octanol–water partition coefficient (Wildman–Crippen LogP) is 3.28. The predicted molar refractivity (Wildman–Crippen MR) is 96.7 cm³/mol. The normalized spacial score (nSPS) is 19.2. The monoisotopic (exact) mass is 354 g/mol. The second-order valence-corrected chi connectivity index (χ2v) is 7.04. The molecule has 1 atom stereocenters. The smallest absolute Gasteiger partial charge is 0.227 e. The zero-order valence-electron chi connectivity index (χ0n) is 13.6. The van der Waals surface area contributed by atoms with E-state index in [9.17, 15) is 9.90 Å². The average molecular weight is 354 g/mol. The third kappa shape index (κ3) is 2.84. The fraction of sp³-hybridized carbons (Fsp3) is 0.278. The van der Waals surface area contributed by atoms with E-state index in [0.717, 1.165) is 35.4 Å². The van der Waals surface area contributed by atoms with Crippen molar-refractivity contribution in [1.82, 2.24) is 14.8 Å². The molecule has 7 heteroatoms. The first-order valence-corrected chi connectivity index (χ1v) is 9.18. The summed E-state index contributed by atoms with van der Waals surface area (Å²) >= 11 is 1.50. The number of fused-ring (bicyclic) bond motifs is 1. The summed E-state index contributed by atoms with van der Waals surface area (Å²) in [5.74, 6) is 1.72. The van der Waals surface area contributed by atoms with Gasteiger partial charge >= 0.3 is 0 Å². The molecule has 1 aromatic carbocycles. The Balaban J connectivity index is 1.83. The number of aromatic hydroxyl groups is 1. The van der Waals surface area contributed by atoms with Crippen LogP contribution in [0, 0.1) is 0 Å². The quantitative estimate of drug-likeness (QED) is 0.648. The van der Waals surface area contributed by atoms with Crippen LogP contribution in [0.4, 0.5) is 5.95 Å². The molecule has 25 heavy (non-hydrogen) atoms. The standard InChI is InChI=1S/C18H18N4O2S/c1-2-10-25-18-20-17-19-13-4-3-5-14(24)15(13)16(22(17)21-18)11-6-8-12(23)9-7-11/h2,6-9,16,23H,1,3-5,10H2,(H,19,20,21)/t16-/m1/s1. The molecule has 2 heterocycles. The number of anilines is 1. The maximum Gasteiger partial charge on any atom is 0.227 e. The maximum atomic E-state index is 12.6. The van der Waals surface area contributed by atoms with Crippen LogP contribution in [0.5, 0.6) is 5.75 Å². The molecule has 4 rings (SSSR count). The topological polar surface area (TPSA) is 80.0 Å². The molecule has 1 aromatic heterocycles. The van der Waals surface area contributed by atoms with Gasteiger partial charge in [-0.15, -0.1) is 11.7 Å². The van der Waals surface area contributed by atoms with Gasteiger partial charge in [0.25, 0.3) is 0 Å². The van der Waals surface area contributed by atoms with Crippen LogP contribution in [-0.2, 0) is 4.79 Å². The van der Waals surface area contributed by atoms with Crippen molar-refractivity contribution in [1.29, 1.82) is 0 Å². The number of phenolic OH excluding ortho intramolecular Hbond substituents is 1. The SMILES string of the molecule is C=CCSc1nc2n(n1)[C@H](c1ccc(O)cc1)C1=C(CCCC1=O)N2. The Bertz CT molecular complexity index is 870. The van der Waals surface area contributed by atoms with E-state index in [4.69, 9.17) is 0 Å². The molecule has 0 spiro atoms. The first-order valence-electron chi connectivity index (χ1n) is 8.20. The number of carbonyl (C=O) groups is 1. The summed E-state index contributed by atoms with van der Waals surface area (Å²) in [6.07, 6.45) is 4.04. The number of thioether (sulfide) groups is 1. The summed E-state index contributed by atoms with van der Waals surface area (Å²) in [6.45, 7) is 3.72. The van der Waals surface area contributed by atoms with Crippen LogP contribution in [0.15, 0.2) is 53.3 Å². The molecule has 2 aliphatic rings. The van der Waals surface area contributed by atoms with Gasteiger partial charge in [-0.1, -0.05) is 30.0 Å². The summed E-state index contributed by atoms with van der Waals surface area (Å²) in [4.78, 5) is 17.2. The zero-order valence-corrected chi connectivity index (χ0v) is 14.4. The van der Waals surface area contributed by atoms with E-state index < -0.39 is 0 Å². The number of Topliss-reactive ketones (excluding diaryl/α,β-unsaturated/α-hetero) is 1. The molecule has 0 fully saturated rings. The van der Waals surface area contributed by atoms with E-state index in [2.05, 4.69) is 22.0 Å². The van der Waals surface area contributed by atoms with Crippen molar-refractivity contribution in [3.05, 3.63) is 53.8 Å². The maximum absolute atomic E-state index is 12.6. The Hall–Kier alpha value is -2.54. The van der Waals surface area contributed by atoms with E-state index in [-0.39, 0.29) is 17.6 Å². The number of allylic oxidation sites excluding steroid dienone is 2. The highest BCUT2D eigenvalue weighted by Crippen LogP contribution is 2.40. The minimum Gasteiger partial charge on any atom is -0.508 e. The van der Waals surface area contributed by atoms with E-state index in [0.29, 0.717) is 17.5 Å². The highest BCUT2D eigenvalue weighted by Gasteiger charge is 2.36. The van der Waals surface area contributed by atoms with E-state index in [1.165, 1.54) is 11.8 Å². The minimum atomic E-state index is -0.315. The van der Waals surface area contributed by atoms with Crippen LogP contribution in [0.3, 0.4) is 0 Å². The first-order chi connectivity index (χ1) is 12.2. The molecule has 0 amide bonds. The summed E-state index contributed by atoms with van der Waals surface area (Å²) in [5, 5.41) is 18.1. The summed E-state index contributed by atoms with van der Waals surface area (Å²) in [7, 11) is 0. The molecule has 2 N–H and O–H groups in total. The number of benzene rings is 1. The molecular formula is C18H18N4O2S. The first kappa shape index (κ1) is 16.0. The molecule has 6 nitrogen and oxygen atoms in total. The Morgan fingerprint density at radius 3 is 2.92 bits per heavy atom.